The molecule has 0 aromatic heterocycles. The highest BCUT2D eigenvalue weighted by atomic mass is 32.2. The Bertz CT molecular complexity index is 378. The predicted octanol–water partition coefficient (Wildman–Crippen LogP) is 0.579. The van der Waals surface area contributed by atoms with Crippen molar-refractivity contribution in [3.8, 4) is 0 Å². The maximum absolute atomic E-state index is 11.4. The number of anilines is 1. The molecule has 0 aliphatic rings. The van der Waals surface area contributed by atoms with Crippen LogP contribution in [0.2, 0.25) is 0 Å². The van der Waals surface area contributed by atoms with Crippen LogP contribution in [0.5, 0.6) is 0 Å². The molecule has 0 fully saturated rings. The fourth-order valence-corrected chi connectivity index (χ4v) is 1.85. The van der Waals surface area contributed by atoms with Crippen LogP contribution in [0.4, 0.5) is 5.69 Å². The molecule has 0 unspecified atom stereocenters. The van der Waals surface area contributed by atoms with Crippen molar-refractivity contribution in [3.05, 3.63) is 30.3 Å². The summed E-state index contributed by atoms with van der Waals surface area (Å²) >= 11 is 0. The molecule has 0 spiro atoms. The van der Waals surface area contributed by atoms with E-state index in [1.807, 2.05) is 6.07 Å². The molecular weight excluding hydrogens is 216 g/mol. The number of hydrogen-bond donors (Lipinski definition) is 2. The second kappa shape index (κ2) is 5.69. The average molecular weight is 230 g/mol. The Morgan fingerprint density at radius 1 is 1.27 bits per heavy atom. The number of ether oxygens (including phenoxy) is 1. The van der Waals surface area contributed by atoms with Crippen LogP contribution in [0.1, 0.15) is 0 Å². The third kappa shape index (κ3) is 4.78. The molecule has 0 atom stereocenters. The van der Waals surface area contributed by atoms with E-state index >= 15 is 0 Å². The normalized spacial score (nSPS) is 11.3. The summed E-state index contributed by atoms with van der Waals surface area (Å²) in [5.41, 5.74) is 0.530. The van der Waals surface area contributed by atoms with Gasteiger partial charge in [0.2, 0.25) is 0 Å². The quantitative estimate of drug-likeness (QED) is 0.702. The molecule has 1 aromatic rings. The molecule has 6 heteroatoms. The van der Waals surface area contributed by atoms with E-state index in [0.717, 1.165) is 0 Å². The van der Waals surface area contributed by atoms with Crippen molar-refractivity contribution in [1.82, 2.24) is 4.72 Å². The van der Waals surface area contributed by atoms with E-state index < -0.39 is 10.2 Å². The average Bonchev–Trinajstić information content (AvgIpc) is 2.18. The summed E-state index contributed by atoms with van der Waals surface area (Å²) in [6.07, 6.45) is 0. The first-order valence-electron chi connectivity index (χ1n) is 4.45. The number of rotatable bonds is 6. The van der Waals surface area contributed by atoms with E-state index in [-0.39, 0.29) is 6.54 Å². The fraction of sp³-hybridized carbons (Fsp3) is 0.333. The Hall–Kier alpha value is -1.11. The smallest absolute Gasteiger partial charge is 0.299 e. The molecule has 1 rings (SSSR count). The van der Waals surface area contributed by atoms with E-state index in [2.05, 4.69) is 9.44 Å². The zero-order valence-electron chi connectivity index (χ0n) is 8.43. The van der Waals surface area contributed by atoms with Crippen LogP contribution in [0, 0.1) is 0 Å². The third-order valence-electron chi connectivity index (χ3n) is 1.62. The highest BCUT2D eigenvalue weighted by molar-refractivity contribution is 7.90. The van der Waals surface area contributed by atoms with Crippen LogP contribution in [0.15, 0.2) is 30.3 Å². The minimum absolute atomic E-state index is 0.249. The summed E-state index contributed by atoms with van der Waals surface area (Å²) in [4.78, 5) is 0. The van der Waals surface area contributed by atoms with Crippen LogP contribution in [-0.4, -0.2) is 28.7 Å². The highest BCUT2D eigenvalue weighted by Crippen LogP contribution is 2.06. The monoisotopic (exact) mass is 230 g/mol. The van der Waals surface area contributed by atoms with Gasteiger partial charge in [0.25, 0.3) is 10.2 Å². The molecule has 1 aromatic carbocycles. The number of nitrogens with one attached hydrogen (secondary N) is 2. The van der Waals surface area contributed by atoms with Gasteiger partial charge in [0.05, 0.1) is 6.61 Å². The summed E-state index contributed by atoms with van der Waals surface area (Å²) in [7, 11) is -1.97. The number of methoxy groups -OCH3 is 1. The molecular formula is C9H14N2O3S. The minimum Gasteiger partial charge on any atom is -0.383 e. The molecule has 0 saturated carbocycles. The lowest BCUT2D eigenvalue weighted by atomic mass is 10.3. The first kappa shape index (κ1) is 12.0. The van der Waals surface area contributed by atoms with Crippen molar-refractivity contribution in [2.24, 2.45) is 0 Å². The van der Waals surface area contributed by atoms with Crippen LogP contribution in [0.3, 0.4) is 0 Å². The second-order valence-corrected chi connectivity index (χ2v) is 4.36. The van der Waals surface area contributed by atoms with Gasteiger partial charge in [0, 0.05) is 19.3 Å². The van der Waals surface area contributed by atoms with E-state index in [9.17, 15) is 8.42 Å². The summed E-state index contributed by atoms with van der Waals surface area (Å²) in [6, 6.07) is 8.68. The summed E-state index contributed by atoms with van der Waals surface area (Å²) in [6.45, 7) is 0.592. The topological polar surface area (TPSA) is 67.4 Å². The molecule has 0 bridgehead atoms. The summed E-state index contributed by atoms with van der Waals surface area (Å²) in [5.74, 6) is 0. The van der Waals surface area contributed by atoms with E-state index in [1.54, 1.807) is 24.3 Å². The molecule has 0 radical (unpaired) electrons. The Kier molecular flexibility index (Phi) is 4.54. The maximum atomic E-state index is 11.4. The first-order chi connectivity index (χ1) is 7.14. The first-order valence-corrected chi connectivity index (χ1v) is 5.94. The number of benzene rings is 1. The van der Waals surface area contributed by atoms with Gasteiger partial charge < -0.3 is 4.74 Å². The van der Waals surface area contributed by atoms with E-state index in [4.69, 9.17) is 4.74 Å². The third-order valence-corrected chi connectivity index (χ3v) is 2.71. The zero-order valence-corrected chi connectivity index (χ0v) is 9.25. The lowest BCUT2D eigenvalue weighted by Gasteiger charge is -2.08. The van der Waals surface area contributed by atoms with Crippen molar-refractivity contribution in [2.75, 3.05) is 25.0 Å². The van der Waals surface area contributed by atoms with Crippen molar-refractivity contribution in [1.29, 1.82) is 0 Å². The summed E-state index contributed by atoms with van der Waals surface area (Å²) in [5, 5.41) is 0. The van der Waals surface area contributed by atoms with Gasteiger partial charge in [-0.2, -0.15) is 13.1 Å². The van der Waals surface area contributed by atoms with Crippen molar-refractivity contribution < 1.29 is 13.2 Å². The van der Waals surface area contributed by atoms with E-state index in [0.29, 0.717) is 12.3 Å². The number of hydrogen-bond acceptors (Lipinski definition) is 3. The molecule has 2 N–H and O–H groups in total. The highest BCUT2D eigenvalue weighted by Gasteiger charge is 2.07. The van der Waals surface area contributed by atoms with Gasteiger partial charge >= 0.3 is 0 Å². The lowest BCUT2D eigenvalue weighted by molar-refractivity contribution is 0.204. The Labute approximate surface area is 89.6 Å². The molecule has 0 saturated heterocycles. The van der Waals surface area contributed by atoms with E-state index in [1.165, 1.54) is 7.11 Å². The van der Waals surface area contributed by atoms with Crippen LogP contribution >= 0.6 is 0 Å². The van der Waals surface area contributed by atoms with Gasteiger partial charge in [-0.1, -0.05) is 18.2 Å². The summed E-state index contributed by atoms with van der Waals surface area (Å²) < 4.78 is 32.3. The largest absolute Gasteiger partial charge is 0.383 e. The Morgan fingerprint density at radius 2 is 1.93 bits per heavy atom. The van der Waals surface area contributed by atoms with Crippen molar-refractivity contribution >= 4 is 15.9 Å². The number of para-hydroxylation sites is 1. The Balaban J connectivity index is 2.50. The molecule has 0 aliphatic heterocycles. The fourth-order valence-electron chi connectivity index (χ4n) is 0.976. The maximum Gasteiger partial charge on any atom is 0.299 e. The van der Waals surface area contributed by atoms with Crippen LogP contribution in [-0.2, 0) is 14.9 Å². The SMILES string of the molecule is COCCNS(=O)(=O)Nc1ccccc1. The van der Waals surface area contributed by atoms with Gasteiger partial charge in [0.15, 0.2) is 0 Å². The van der Waals surface area contributed by atoms with Gasteiger partial charge in [0.1, 0.15) is 0 Å². The molecule has 84 valence electrons. The molecule has 15 heavy (non-hydrogen) atoms. The van der Waals surface area contributed by atoms with Crippen LogP contribution < -0.4 is 9.44 Å². The standard InChI is InChI=1S/C9H14N2O3S/c1-14-8-7-10-15(12,13)11-9-5-3-2-4-6-9/h2-6,10-11H,7-8H2,1H3. The van der Waals surface area contributed by atoms with Crippen molar-refractivity contribution in [2.45, 2.75) is 0 Å². The van der Waals surface area contributed by atoms with Crippen molar-refractivity contribution in [3.63, 3.8) is 0 Å². The molecule has 5 nitrogen and oxygen atoms in total. The zero-order chi connectivity index (χ0) is 11.1. The van der Waals surface area contributed by atoms with Crippen LogP contribution in [0.25, 0.3) is 0 Å². The second-order valence-electron chi connectivity index (χ2n) is 2.86. The molecule has 0 heterocycles. The minimum atomic E-state index is -3.49. The lowest BCUT2D eigenvalue weighted by Crippen LogP contribution is -2.32. The van der Waals surface area contributed by atoms with Gasteiger partial charge in [-0.25, -0.2) is 0 Å². The predicted molar refractivity (Wildman–Crippen MR) is 58.9 cm³/mol. The van der Waals surface area contributed by atoms with Gasteiger partial charge in [-0.05, 0) is 12.1 Å². The van der Waals surface area contributed by atoms with Gasteiger partial charge in [-0.15, -0.1) is 0 Å². The molecule has 0 aliphatic carbocycles. The molecule has 0 amide bonds. The van der Waals surface area contributed by atoms with Gasteiger partial charge in [-0.3, -0.25) is 4.72 Å². The Morgan fingerprint density at radius 3 is 2.53 bits per heavy atom.